The van der Waals surface area contributed by atoms with Crippen molar-refractivity contribution in [2.45, 2.75) is 20.0 Å². The first-order chi connectivity index (χ1) is 8.49. The fraction of sp³-hybridized carbons (Fsp3) is 0.538. The molecule has 0 fully saturated rings. The maximum absolute atomic E-state index is 12.9. The second kappa shape index (κ2) is 7.28. The van der Waals surface area contributed by atoms with E-state index in [1.165, 1.54) is 6.07 Å². The molecule has 1 atom stereocenters. The Kier molecular flexibility index (Phi) is 6.01. The van der Waals surface area contributed by atoms with Crippen LogP contribution < -0.4 is 5.32 Å². The number of hydrogen-bond acceptors (Lipinski definition) is 3. The summed E-state index contributed by atoms with van der Waals surface area (Å²) in [5, 5.41) is 12.4. The molecular weight excluding hydrogens is 240 g/mol. The standard InChI is InChI=1S/C13H19F2NO2/c1-9(2)7-18-8-11(17)6-16-10-3-4-12(14)13(15)5-10/h3-5,9,11,16-17H,6-8H2,1-2H3. The van der Waals surface area contributed by atoms with Crippen molar-refractivity contribution in [3.05, 3.63) is 29.8 Å². The van der Waals surface area contributed by atoms with E-state index in [2.05, 4.69) is 5.32 Å². The van der Waals surface area contributed by atoms with Crippen LogP contribution in [0, 0.1) is 17.6 Å². The van der Waals surface area contributed by atoms with Crippen LogP contribution >= 0.6 is 0 Å². The molecule has 0 aliphatic heterocycles. The van der Waals surface area contributed by atoms with Crippen molar-refractivity contribution in [1.82, 2.24) is 0 Å². The lowest BCUT2D eigenvalue weighted by Gasteiger charge is -2.14. The zero-order chi connectivity index (χ0) is 13.5. The summed E-state index contributed by atoms with van der Waals surface area (Å²) in [6, 6.07) is 3.51. The van der Waals surface area contributed by atoms with Crippen LogP contribution in [0.25, 0.3) is 0 Å². The molecule has 0 bridgehead atoms. The van der Waals surface area contributed by atoms with Gasteiger partial charge < -0.3 is 15.2 Å². The first kappa shape index (κ1) is 14.9. The van der Waals surface area contributed by atoms with Crippen molar-refractivity contribution in [3.8, 4) is 0 Å². The first-order valence-corrected chi connectivity index (χ1v) is 5.93. The molecule has 0 saturated carbocycles. The van der Waals surface area contributed by atoms with E-state index in [1.807, 2.05) is 13.8 Å². The van der Waals surface area contributed by atoms with E-state index in [1.54, 1.807) is 0 Å². The molecule has 0 spiro atoms. The largest absolute Gasteiger partial charge is 0.389 e. The Bertz CT molecular complexity index is 372. The molecule has 0 saturated heterocycles. The number of nitrogens with one attached hydrogen (secondary N) is 1. The number of ether oxygens (including phenoxy) is 1. The fourth-order valence-electron chi connectivity index (χ4n) is 1.34. The van der Waals surface area contributed by atoms with Crippen LogP contribution in [0.5, 0.6) is 0 Å². The van der Waals surface area contributed by atoms with Crippen molar-refractivity contribution in [3.63, 3.8) is 0 Å². The number of anilines is 1. The van der Waals surface area contributed by atoms with Gasteiger partial charge in [-0.05, 0) is 18.1 Å². The molecule has 0 aromatic heterocycles. The Morgan fingerprint density at radius 3 is 2.56 bits per heavy atom. The average Bonchev–Trinajstić information content (AvgIpc) is 2.30. The maximum atomic E-state index is 12.9. The lowest BCUT2D eigenvalue weighted by molar-refractivity contribution is 0.0318. The van der Waals surface area contributed by atoms with E-state index in [0.29, 0.717) is 18.2 Å². The topological polar surface area (TPSA) is 41.5 Å². The van der Waals surface area contributed by atoms with E-state index in [-0.39, 0.29) is 13.2 Å². The highest BCUT2D eigenvalue weighted by Crippen LogP contribution is 2.12. The van der Waals surface area contributed by atoms with Crippen LogP contribution in [0.3, 0.4) is 0 Å². The quantitative estimate of drug-likeness (QED) is 0.790. The summed E-state index contributed by atoms with van der Waals surface area (Å²) in [7, 11) is 0. The van der Waals surface area contributed by atoms with Gasteiger partial charge in [0.05, 0.1) is 12.7 Å². The predicted molar refractivity (Wildman–Crippen MR) is 66.5 cm³/mol. The van der Waals surface area contributed by atoms with Gasteiger partial charge in [0, 0.05) is 24.9 Å². The van der Waals surface area contributed by atoms with Crippen molar-refractivity contribution in [2.24, 2.45) is 5.92 Å². The molecule has 3 nitrogen and oxygen atoms in total. The third-order valence-corrected chi connectivity index (χ3v) is 2.22. The van der Waals surface area contributed by atoms with Crippen LogP contribution in [-0.4, -0.2) is 31.0 Å². The van der Waals surface area contributed by atoms with E-state index >= 15 is 0 Å². The van der Waals surface area contributed by atoms with E-state index in [9.17, 15) is 13.9 Å². The Morgan fingerprint density at radius 2 is 1.94 bits per heavy atom. The zero-order valence-corrected chi connectivity index (χ0v) is 10.6. The fourth-order valence-corrected chi connectivity index (χ4v) is 1.34. The second-order valence-corrected chi connectivity index (χ2v) is 4.59. The molecule has 0 amide bonds. The van der Waals surface area contributed by atoms with Gasteiger partial charge in [0.25, 0.3) is 0 Å². The van der Waals surface area contributed by atoms with Crippen LogP contribution in [0.2, 0.25) is 0 Å². The summed E-state index contributed by atoms with van der Waals surface area (Å²) in [5.41, 5.74) is 0.428. The number of rotatable bonds is 7. The van der Waals surface area contributed by atoms with Crippen molar-refractivity contribution >= 4 is 5.69 Å². The number of halogens is 2. The predicted octanol–water partition coefficient (Wildman–Crippen LogP) is 2.41. The van der Waals surface area contributed by atoms with Gasteiger partial charge in [0.15, 0.2) is 11.6 Å². The smallest absolute Gasteiger partial charge is 0.160 e. The van der Waals surface area contributed by atoms with Gasteiger partial charge in [-0.3, -0.25) is 0 Å². The molecule has 1 aromatic carbocycles. The van der Waals surface area contributed by atoms with E-state index in [0.717, 1.165) is 12.1 Å². The minimum absolute atomic E-state index is 0.217. The SMILES string of the molecule is CC(C)COCC(O)CNc1ccc(F)c(F)c1. The second-order valence-electron chi connectivity index (χ2n) is 4.59. The molecule has 1 rings (SSSR count). The molecule has 1 unspecified atom stereocenters. The summed E-state index contributed by atoms with van der Waals surface area (Å²) in [6.45, 7) is 5.07. The van der Waals surface area contributed by atoms with Gasteiger partial charge in [-0.25, -0.2) is 8.78 Å². The van der Waals surface area contributed by atoms with Gasteiger partial charge in [-0.1, -0.05) is 13.8 Å². The first-order valence-electron chi connectivity index (χ1n) is 5.93. The molecule has 0 aliphatic rings. The van der Waals surface area contributed by atoms with Gasteiger partial charge in [0.2, 0.25) is 0 Å². The third kappa shape index (κ3) is 5.42. The highest BCUT2D eigenvalue weighted by molar-refractivity contribution is 5.43. The molecule has 2 N–H and O–H groups in total. The monoisotopic (exact) mass is 259 g/mol. The Morgan fingerprint density at radius 1 is 1.22 bits per heavy atom. The molecular formula is C13H19F2NO2. The summed E-state index contributed by atoms with van der Waals surface area (Å²) in [4.78, 5) is 0. The van der Waals surface area contributed by atoms with E-state index in [4.69, 9.17) is 4.74 Å². The summed E-state index contributed by atoms with van der Waals surface area (Å²) in [5.74, 6) is -1.39. The minimum Gasteiger partial charge on any atom is -0.389 e. The number of hydrogen-bond donors (Lipinski definition) is 2. The van der Waals surface area contributed by atoms with Crippen LogP contribution in [0.15, 0.2) is 18.2 Å². The zero-order valence-electron chi connectivity index (χ0n) is 10.6. The van der Waals surface area contributed by atoms with Gasteiger partial charge in [0.1, 0.15) is 0 Å². The third-order valence-electron chi connectivity index (χ3n) is 2.22. The summed E-state index contributed by atoms with van der Waals surface area (Å²) >= 11 is 0. The number of benzene rings is 1. The van der Waals surface area contributed by atoms with Crippen molar-refractivity contribution < 1.29 is 18.6 Å². The maximum Gasteiger partial charge on any atom is 0.160 e. The highest BCUT2D eigenvalue weighted by atomic mass is 19.2. The average molecular weight is 259 g/mol. The van der Waals surface area contributed by atoms with Gasteiger partial charge in [-0.2, -0.15) is 0 Å². The summed E-state index contributed by atoms with van der Waals surface area (Å²) < 4.78 is 30.8. The summed E-state index contributed by atoms with van der Waals surface area (Å²) in [6.07, 6.45) is -0.683. The Labute approximate surface area is 106 Å². The lowest BCUT2D eigenvalue weighted by Crippen LogP contribution is -2.25. The minimum atomic E-state index is -0.912. The van der Waals surface area contributed by atoms with Crippen LogP contribution in [-0.2, 0) is 4.74 Å². The van der Waals surface area contributed by atoms with E-state index < -0.39 is 17.7 Å². The van der Waals surface area contributed by atoms with Gasteiger partial charge >= 0.3 is 0 Å². The molecule has 0 heterocycles. The van der Waals surface area contributed by atoms with Crippen molar-refractivity contribution in [1.29, 1.82) is 0 Å². The Hall–Kier alpha value is -1.20. The van der Waals surface area contributed by atoms with Crippen LogP contribution in [0.4, 0.5) is 14.5 Å². The molecule has 18 heavy (non-hydrogen) atoms. The normalized spacial score (nSPS) is 12.8. The molecule has 5 heteroatoms. The molecule has 0 aliphatic carbocycles. The molecule has 1 aromatic rings. The lowest BCUT2D eigenvalue weighted by atomic mass is 10.2. The number of aliphatic hydroxyl groups is 1. The van der Waals surface area contributed by atoms with Crippen LogP contribution in [0.1, 0.15) is 13.8 Å². The Balaban J connectivity index is 2.29. The molecule has 0 radical (unpaired) electrons. The van der Waals surface area contributed by atoms with Gasteiger partial charge in [-0.15, -0.1) is 0 Å². The highest BCUT2D eigenvalue weighted by Gasteiger charge is 2.06. The molecule has 102 valence electrons. The van der Waals surface area contributed by atoms with Crippen molar-refractivity contribution in [2.75, 3.05) is 25.1 Å². The number of aliphatic hydroxyl groups excluding tert-OH is 1.